The van der Waals surface area contributed by atoms with Crippen LogP contribution >= 0.6 is 7.60 Å². The Hall–Kier alpha value is -1.11. The van der Waals surface area contributed by atoms with Crippen LogP contribution in [0.4, 0.5) is 4.79 Å². The molecule has 1 aliphatic heterocycles. The van der Waals surface area contributed by atoms with Crippen LogP contribution < -0.4 is 0 Å². The minimum absolute atomic E-state index is 0.220. The molecule has 0 radical (unpaired) electrons. The van der Waals surface area contributed by atoms with E-state index in [2.05, 4.69) is 0 Å². The molecule has 1 saturated carbocycles. The first kappa shape index (κ1) is 23.2. The maximum atomic E-state index is 12.9. The van der Waals surface area contributed by atoms with Crippen LogP contribution in [-0.4, -0.2) is 62.6 Å². The third-order valence-corrected chi connectivity index (χ3v) is 7.95. The minimum atomic E-state index is -3.09. The lowest BCUT2D eigenvalue weighted by Crippen LogP contribution is -2.55. The molecule has 2 fully saturated rings. The Labute approximate surface area is 167 Å². The van der Waals surface area contributed by atoms with Crippen LogP contribution in [0, 0.1) is 17.8 Å². The molecular formula is C19H34NO7P. The van der Waals surface area contributed by atoms with Gasteiger partial charge in [0.15, 0.2) is 0 Å². The Morgan fingerprint density at radius 1 is 1.00 bits per heavy atom. The molecule has 0 N–H and O–H groups in total. The van der Waals surface area contributed by atoms with Gasteiger partial charge in [0.2, 0.25) is 0 Å². The van der Waals surface area contributed by atoms with Crippen LogP contribution in [0.5, 0.6) is 0 Å². The number of carbonyl (C=O) groups is 2. The van der Waals surface area contributed by atoms with E-state index >= 15 is 0 Å². The molecule has 0 spiro atoms. The fraction of sp³-hybridized carbons (Fsp3) is 0.895. The summed E-state index contributed by atoms with van der Waals surface area (Å²) in [6, 6.07) is -0.627. The van der Waals surface area contributed by atoms with Crippen molar-refractivity contribution in [3.05, 3.63) is 0 Å². The molecule has 8 nitrogen and oxygen atoms in total. The van der Waals surface area contributed by atoms with Crippen LogP contribution in [0.25, 0.3) is 0 Å². The van der Waals surface area contributed by atoms with Crippen molar-refractivity contribution in [3.8, 4) is 0 Å². The molecule has 1 aliphatic carbocycles. The second kappa shape index (κ2) is 10.6. The lowest BCUT2D eigenvalue weighted by molar-refractivity contribution is -0.152. The predicted molar refractivity (Wildman–Crippen MR) is 104 cm³/mol. The number of likely N-dealkylation sites (tertiary alicyclic amines) is 1. The Balaban J connectivity index is 2.08. The maximum absolute atomic E-state index is 12.9. The van der Waals surface area contributed by atoms with Gasteiger partial charge in [0.1, 0.15) is 6.04 Å². The lowest BCUT2D eigenvalue weighted by Gasteiger charge is -2.46. The van der Waals surface area contributed by atoms with Crippen molar-refractivity contribution in [2.24, 2.45) is 17.8 Å². The molecular weight excluding hydrogens is 385 g/mol. The highest BCUT2D eigenvalue weighted by atomic mass is 31.2. The number of rotatable bonds is 8. The number of methoxy groups -OCH3 is 1. The Kier molecular flexibility index (Phi) is 8.78. The average Bonchev–Trinajstić information content (AvgIpc) is 2.66. The van der Waals surface area contributed by atoms with E-state index < -0.39 is 19.7 Å². The van der Waals surface area contributed by atoms with Gasteiger partial charge < -0.3 is 18.5 Å². The van der Waals surface area contributed by atoms with Crippen molar-refractivity contribution in [1.82, 2.24) is 4.90 Å². The molecule has 0 unspecified atom stereocenters. The molecule has 1 saturated heterocycles. The summed E-state index contributed by atoms with van der Waals surface area (Å²) in [5.41, 5.74) is 0. The number of amides is 1. The summed E-state index contributed by atoms with van der Waals surface area (Å²) in [5.74, 6) is 0.408. The second-order valence-corrected chi connectivity index (χ2v) is 9.56. The van der Waals surface area contributed by atoms with Crippen molar-refractivity contribution in [2.75, 3.05) is 39.6 Å². The first-order valence-electron chi connectivity index (χ1n) is 10.3. The number of hydrogen-bond donors (Lipinski definition) is 0. The highest BCUT2D eigenvalue weighted by molar-refractivity contribution is 7.53. The molecule has 9 heteroatoms. The SMILES string of the molecule is CCOC(=O)[C@@H]1C[C@@H]2C[C@H](CP(=O)(OCC)OCC)CC[C@@H]2CN1C(=O)OC. The molecule has 2 rings (SSSR count). The van der Waals surface area contributed by atoms with Gasteiger partial charge in [-0.3, -0.25) is 9.46 Å². The van der Waals surface area contributed by atoms with Crippen LogP contribution in [0.3, 0.4) is 0 Å². The summed E-state index contributed by atoms with van der Waals surface area (Å²) in [7, 11) is -1.76. The van der Waals surface area contributed by atoms with E-state index in [1.54, 1.807) is 6.92 Å². The van der Waals surface area contributed by atoms with E-state index in [0.29, 0.717) is 38.3 Å². The van der Waals surface area contributed by atoms with Gasteiger partial charge in [-0.25, -0.2) is 9.59 Å². The largest absolute Gasteiger partial charge is 0.464 e. The molecule has 28 heavy (non-hydrogen) atoms. The zero-order valence-electron chi connectivity index (χ0n) is 17.4. The molecule has 1 heterocycles. The van der Waals surface area contributed by atoms with E-state index in [9.17, 15) is 14.2 Å². The van der Waals surface area contributed by atoms with Crippen LogP contribution in [0.2, 0.25) is 0 Å². The molecule has 0 aromatic carbocycles. The van der Waals surface area contributed by atoms with Gasteiger partial charge in [-0.2, -0.15) is 0 Å². The normalized spacial score (nSPS) is 27.8. The van der Waals surface area contributed by atoms with Crippen molar-refractivity contribution in [1.29, 1.82) is 0 Å². The van der Waals surface area contributed by atoms with Crippen LogP contribution in [0.15, 0.2) is 0 Å². The molecule has 0 aromatic heterocycles. The summed E-state index contributed by atoms with van der Waals surface area (Å²) in [5, 5.41) is 0. The number of piperidine rings is 1. The van der Waals surface area contributed by atoms with Crippen molar-refractivity contribution < 1.29 is 32.7 Å². The Morgan fingerprint density at radius 2 is 1.68 bits per heavy atom. The van der Waals surface area contributed by atoms with Gasteiger partial charge in [0.05, 0.1) is 33.1 Å². The van der Waals surface area contributed by atoms with Gasteiger partial charge in [-0.05, 0) is 64.2 Å². The highest BCUT2D eigenvalue weighted by Crippen LogP contribution is 2.53. The van der Waals surface area contributed by atoms with Gasteiger partial charge in [-0.1, -0.05) is 0 Å². The van der Waals surface area contributed by atoms with Crippen molar-refractivity contribution >= 4 is 19.7 Å². The van der Waals surface area contributed by atoms with E-state index in [1.165, 1.54) is 12.0 Å². The number of carbonyl (C=O) groups excluding carboxylic acids is 2. The zero-order valence-corrected chi connectivity index (χ0v) is 18.3. The standard InChI is InChI=1S/C19H34NO7P/c1-5-25-18(21)17-11-16-10-14(13-28(23,26-6-2)27-7-3)8-9-15(16)12-20(17)19(22)24-4/h14-17H,5-13H2,1-4H3/t14-,15-,16+,17+/m1/s1. The third-order valence-electron chi connectivity index (χ3n) is 5.68. The molecule has 162 valence electrons. The molecule has 0 aromatic rings. The highest BCUT2D eigenvalue weighted by Gasteiger charge is 2.45. The fourth-order valence-electron chi connectivity index (χ4n) is 4.55. The topological polar surface area (TPSA) is 91.4 Å². The first-order chi connectivity index (χ1) is 13.4. The van der Waals surface area contributed by atoms with Crippen LogP contribution in [0.1, 0.15) is 46.5 Å². The van der Waals surface area contributed by atoms with Crippen molar-refractivity contribution in [3.63, 3.8) is 0 Å². The molecule has 0 bridgehead atoms. The number of nitrogens with zero attached hydrogens (tertiary/aromatic N) is 1. The fourth-order valence-corrected chi connectivity index (χ4v) is 6.58. The van der Waals surface area contributed by atoms with Gasteiger partial charge in [0, 0.05) is 6.54 Å². The monoisotopic (exact) mass is 419 g/mol. The Bertz CT molecular complexity index is 575. The summed E-state index contributed by atoms with van der Waals surface area (Å²) >= 11 is 0. The smallest absolute Gasteiger partial charge is 0.410 e. The van der Waals surface area contributed by atoms with E-state index in [0.717, 1.165) is 19.3 Å². The quantitative estimate of drug-likeness (QED) is 0.438. The lowest BCUT2D eigenvalue weighted by atomic mass is 9.69. The number of ether oxygens (including phenoxy) is 2. The zero-order chi connectivity index (χ0) is 20.7. The van der Waals surface area contributed by atoms with E-state index in [-0.39, 0.29) is 24.4 Å². The summed E-state index contributed by atoms with van der Waals surface area (Å²) in [4.78, 5) is 26.1. The number of hydrogen-bond acceptors (Lipinski definition) is 7. The number of esters is 1. The Morgan fingerprint density at radius 3 is 2.25 bits per heavy atom. The van der Waals surface area contributed by atoms with Gasteiger partial charge in [0.25, 0.3) is 0 Å². The van der Waals surface area contributed by atoms with Crippen molar-refractivity contribution in [2.45, 2.75) is 52.5 Å². The average molecular weight is 419 g/mol. The van der Waals surface area contributed by atoms with Gasteiger partial charge in [-0.15, -0.1) is 0 Å². The second-order valence-electron chi connectivity index (χ2n) is 7.45. The van der Waals surface area contributed by atoms with E-state index in [4.69, 9.17) is 18.5 Å². The third kappa shape index (κ3) is 5.71. The number of fused-ring (bicyclic) bond motifs is 1. The first-order valence-corrected chi connectivity index (χ1v) is 12.0. The van der Waals surface area contributed by atoms with Gasteiger partial charge >= 0.3 is 19.7 Å². The van der Waals surface area contributed by atoms with Crippen LogP contribution in [-0.2, 0) is 27.9 Å². The minimum Gasteiger partial charge on any atom is -0.464 e. The molecule has 4 atom stereocenters. The predicted octanol–water partition coefficient (Wildman–Crippen LogP) is 3.69. The summed E-state index contributed by atoms with van der Waals surface area (Å²) < 4.78 is 33.9. The summed E-state index contributed by atoms with van der Waals surface area (Å²) in [6.45, 7) is 6.85. The van der Waals surface area contributed by atoms with E-state index in [1.807, 2.05) is 13.8 Å². The maximum Gasteiger partial charge on any atom is 0.410 e. The molecule has 2 aliphatic rings. The molecule has 1 amide bonds. The summed E-state index contributed by atoms with van der Waals surface area (Å²) in [6.07, 6.45) is 3.13.